The minimum atomic E-state index is -0.361. The molecule has 3 aromatic heterocycles. The Kier molecular flexibility index (Phi) is 6.70. The fourth-order valence-electron chi connectivity index (χ4n) is 3.55. The van der Waals surface area contributed by atoms with E-state index in [1.165, 1.54) is 17.4 Å². The van der Waals surface area contributed by atoms with Crippen LogP contribution < -0.4 is 10.6 Å². The highest BCUT2D eigenvalue weighted by Crippen LogP contribution is 2.29. The molecule has 0 saturated heterocycles. The number of fused-ring (bicyclic) bond motifs is 1. The number of nitrogens with one attached hydrogen (secondary N) is 2. The quantitative estimate of drug-likeness (QED) is 0.228. The number of rotatable bonds is 6. The van der Waals surface area contributed by atoms with Crippen LogP contribution in [0.3, 0.4) is 0 Å². The first-order valence-electron chi connectivity index (χ1n) is 11.3. The standard InChI is InChI=1S/C26H22N6O2S2/c1-3-22-29-30-26-32(22)31-24(36-26)18-10-9-16(2)20(15-18)27-25(35)28-23(33)14-12-19-11-13-21(34-19)17-7-5-4-6-8-17/h4-15H,3H2,1-2H3,(H2,27,28,33,35)/b14-12+. The molecule has 0 spiro atoms. The minimum absolute atomic E-state index is 0.195. The summed E-state index contributed by atoms with van der Waals surface area (Å²) in [6, 6.07) is 19.4. The van der Waals surface area contributed by atoms with E-state index >= 15 is 0 Å². The molecule has 0 radical (unpaired) electrons. The lowest BCUT2D eigenvalue weighted by Gasteiger charge is -2.12. The van der Waals surface area contributed by atoms with Gasteiger partial charge in [0.1, 0.15) is 16.5 Å². The van der Waals surface area contributed by atoms with Crippen molar-refractivity contribution in [3.63, 3.8) is 0 Å². The van der Waals surface area contributed by atoms with Gasteiger partial charge in [-0.15, -0.1) is 10.2 Å². The van der Waals surface area contributed by atoms with Crippen molar-refractivity contribution >= 4 is 51.3 Å². The first-order chi connectivity index (χ1) is 17.5. The molecule has 0 aliphatic rings. The van der Waals surface area contributed by atoms with Crippen molar-refractivity contribution < 1.29 is 9.21 Å². The molecule has 3 heterocycles. The summed E-state index contributed by atoms with van der Waals surface area (Å²) in [5.74, 6) is 1.77. The summed E-state index contributed by atoms with van der Waals surface area (Å²) in [6.45, 7) is 3.98. The first kappa shape index (κ1) is 23.6. The number of carbonyl (C=O) groups excluding carboxylic acids is 1. The highest BCUT2D eigenvalue weighted by atomic mass is 32.1. The third-order valence-corrected chi connectivity index (χ3v) is 6.58. The Hall–Kier alpha value is -4.15. The van der Waals surface area contributed by atoms with Crippen molar-refractivity contribution in [2.24, 2.45) is 0 Å². The lowest BCUT2D eigenvalue weighted by atomic mass is 10.1. The van der Waals surface area contributed by atoms with Crippen molar-refractivity contribution in [1.29, 1.82) is 0 Å². The maximum atomic E-state index is 12.4. The SMILES string of the molecule is CCc1nnc2sc(-c3ccc(C)c(NC(=S)NC(=O)/C=C/c4ccc(-c5ccccc5)o4)c3)nn12. The number of hydrogen-bond acceptors (Lipinski definition) is 7. The van der Waals surface area contributed by atoms with E-state index in [2.05, 4.69) is 25.9 Å². The predicted molar refractivity (Wildman–Crippen MR) is 146 cm³/mol. The number of aryl methyl sites for hydroxylation is 2. The second kappa shape index (κ2) is 10.2. The molecule has 0 bridgehead atoms. The van der Waals surface area contributed by atoms with Crippen molar-refractivity contribution in [3.8, 4) is 21.9 Å². The van der Waals surface area contributed by atoms with Gasteiger partial charge in [-0.2, -0.15) is 9.61 Å². The van der Waals surface area contributed by atoms with Crippen LogP contribution in [0.2, 0.25) is 0 Å². The summed E-state index contributed by atoms with van der Waals surface area (Å²) in [5, 5.41) is 19.8. The zero-order valence-corrected chi connectivity index (χ0v) is 21.2. The van der Waals surface area contributed by atoms with Crippen LogP contribution in [0, 0.1) is 6.92 Å². The second-order valence-electron chi connectivity index (χ2n) is 7.95. The van der Waals surface area contributed by atoms with E-state index in [4.69, 9.17) is 16.6 Å². The number of amides is 1. The Bertz CT molecular complexity index is 1580. The average Bonchev–Trinajstić information content (AvgIpc) is 3.61. The maximum absolute atomic E-state index is 12.4. The molecule has 0 aliphatic heterocycles. The fourth-order valence-corrected chi connectivity index (χ4v) is 4.61. The van der Waals surface area contributed by atoms with Crippen molar-refractivity contribution in [3.05, 3.63) is 83.9 Å². The molecule has 0 unspecified atom stereocenters. The summed E-state index contributed by atoms with van der Waals surface area (Å²) < 4.78 is 7.56. The average molecular weight is 515 g/mol. The zero-order valence-electron chi connectivity index (χ0n) is 19.6. The Morgan fingerprint density at radius 3 is 2.75 bits per heavy atom. The molecule has 2 aromatic carbocycles. The van der Waals surface area contributed by atoms with Crippen molar-refractivity contribution in [1.82, 2.24) is 25.1 Å². The molecular formula is C26H22N6O2S2. The molecule has 1 amide bonds. The van der Waals surface area contributed by atoms with Crippen LogP contribution in [0.1, 0.15) is 24.1 Å². The van der Waals surface area contributed by atoms with E-state index in [1.807, 2.05) is 74.5 Å². The Morgan fingerprint density at radius 1 is 1.11 bits per heavy atom. The number of hydrogen-bond donors (Lipinski definition) is 2. The summed E-state index contributed by atoms with van der Waals surface area (Å²) in [7, 11) is 0. The molecule has 0 fully saturated rings. The lowest BCUT2D eigenvalue weighted by Crippen LogP contribution is -2.33. The molecule has 36 heavy (non-hydrogen) atoms. The number of furan rings is 1. The second-order valence-corrected chi connectivity index (χ2v) is 9.31. The Balaban J connectivity index is 1.23. The monoisotopic (exact) mass is 514 g/mol. The molecule has 180 valence electrons. The molecule has 8 nitrogen and oxygen atoms in total. The van der Waals surface area contributed by atoms with E-state index < -0.39 is 0 Å². The smallest absolute Gasteiger partial charge is 0.250 e. The number of anilines is 1. The highest BCUT2D eigenvalue weighted by molar-refractivity contribution is 7.80. The topological polar surface area (TPSA) is 97.3 Å². The molecule has 0 aliphatic carbocycles. The van der Waals surface area contributed by atoms with Gasteiger partial charge in [0.15, 0.2) is 10.9 Å². The molecule has 5 rings (SSSR count). The van der Waals surface area contributed by atoms with Crippen LogP contribution >= 0.6 is 23.6 Å². The summed E-state index contributed by atoms with van der Waals surface area (Å²) in [6.07, 6.45) is 3.74. The number of carbonyl (C=O) groups is 1. The van der Waals surface area contributed by atoms with Crippen LogP contribution in [0.25, 0.3) is 32.9 Å². The van der Waals surface area contributed by atoms with Gasteiger partial charge in [-0.05, 0) is 49.0 Å². The third-order valence-electron chi connectivity index (χ3n) is 5.43. The summed E-state index contributed by atoms with van der Waals surface area (Å²) >= 11 is 6.83. The normalized spacial score (nSPS) is 11.3. The molecule has 0 atom stereocenters. The molecule has 5 aromatic rings. The van der Waals surface area contributed by atoms with E-state index in [-0.39, 0.29) is 11.0 Å². The van der Waals surface area contributed by atoms with Gasteiger partial charge in [0.2, 0.25) is 10.9 Å². The van der Waals surface area contributed by atoms with E-state index in [1.54, 1.807) is 10.6 Å². The van der Waals surface area contributed by atoms with Gasteiger partial charge in [0.05, 0.1) is 0 Å². The maximum Gasteiger partial charge on any atom is 0.250 e. The van der Waals surface area contributed by atoms with Gasteiger partial charge in [0, 0.05) is 29.3 Å². The molecule has 10 heteroatoms. The van der Waals surface area contributed by atoms with Gasteiger partial charge >= 0.3 is 0 Å². The van der Waals surface area contributed by atoms with Gasteiger partial charge < -0.3 is 9.73 Å². The number of thiocarbonyl (C=S) groups is 1. The highest BCUT2D eigenvalue weighted by Gasteiger charge is 2.13. The van der Waals surface area contributed by atoms with E-state index in [9.17, 15) is 4.79 Å². The fraction of sp³-hybridized carbons (Fsp3) is 0.115. The third kappa shape index (κ3) is 5.09. The number of nitrogens with zero attached hydrogens (tertiary/aromatic N) is 4. The van der Waals surface area contributed by atoms with E-state index in [0.717, 1.165) is 50.4 Å². The van der Waals surface area contributed by atoms with Gasteiger partial charge in [-0.25, -0.2) is 0 Å². The van der Waals surface area contributed by atoms with Gasteiger partial charge in [-0.3, -0.25) is 10.1 Å². The zero-order chi connectivity index (χ0) is 25.1. The largest absolute Gasteiger partial charge is 0.457 e. The van der Waals surface area contributed by atoms with Crippen LogP contribution in [0.15, 0.2) is 71.2 Å². The number of benzene rings is 2. The van der Waals surface area contributed by atoms with Crippen LogP contribution in [0.4, 0.5) is 5.69 Å². The van der Waals surface area contributed by atoms with Crippen LogP contribution in [-0.2, 0) is 11.2 Å². The predicted octanol–water partition coefficient (Wildman–Crippen LogP) is 5.51. The number of aromatic nitrogens is 4. The van der Waals surface area contributed by atoms with E-state index in [0.29, 0.717) is 5.76 Å². The van der Waals surface area contributed by atoms with Crippen LogP contribution in [0.5, 0.6) is 0 Å². The van der Waals surface area contributed by atoms with Crippen molar-refractivity contribution in [2.45, 2.75) is 20.3 Å². The van der Waals surface area contributed by atoms with Crippen molar-refractivity contribution in [2.75, 3.05) is 5.32 Å². The molecule has 2 N–H and O–H groups in total. The Labute approximate surface area is 216 Å². The summed E-state index contributed by atoms with van der Waals surface area (Å²) in [5.41, 5.74) is 3.65. The van der Waals surface area contributed by atoms with Gasteiger partial charge in [-0.1, -0.05) is 60.7 Å². The summed E-state index contributed by atoms with van der Waals surface area (Å²) in [4.78, 5) is 13.2. The first-order valence-corrected chi connectivity index (χ1v) is 12.5. The van der Waals surface area contributed by atoms with Gasteiger partial charge in [0.25, 0.3) is 0 Å². The molecule has 0 saturated carbocycles. The minimum Gasteiger partial charge on any atom is -0.457 e. The Morgan fingerprint density at radius 2 is 1.94 bits per heavy atom. The molecular weight excluding hydrogens is 492 g/mol. The lowest BCUT2D eigenvalue weighted by molar-refractivity contribution is -0.115. The van der Waals surface area contributed by atoms with Crippen LogP contribution in [-0.4, -0.2) is 30.8 Å².